The maximum absolute atomic E-state index is 13.7. The minimum Gasteiger partial charge on any atom is -0.365 e. The molecule has 0 aliphatic heterocycles. The van der Waals surface area contributed by atoms with Gasteiger partial charge in [0.05, 0.1) is 5.92 Å². The summed E-state index contributed by atoms with van der Waals surface area (Å²) in [5.74, 6) is -1.75. The molecule has 0 unspecified atom stereocenters. The molecule has 0 aliphatic rings. The number of amides is 4. The van der Waals surface area contributed by atoms with Crippen molar-refractivity contribution >= 4 is 29.5 Å². The molecule has 0 fully saturated rings. The van der Waals surface area contributed by atoms with E-state index in [2.05, 4.69) is 26.4 Å². The predicted molar refractivity (Wildman–Crippen MR) is 164 cm³/mol. The second-order valence-corrected chi connectivity index (χ2v) is 9.85. The third-order valence-electron chi connectivity index (χ3n) is 6.40. The van der Waals surface area contributed by atoms with E-state index in [0.29, 0.717) is 12.1 Å². The van der Waals surface area contributed by atoms with Crippen LogP contribution in [0.15, 0.2) is 90.0 Å². The maximum atomic E-state index is 13.7. The Balaban J connectivity index is 1.72. The zero-order valence-electron chi connectivity index (χ0n) is 24.0. The molecule has 43 heavy (non-hydrogen) atoms. The topological polar surface area (TPSA) is 184 Å². The number of nitrogens with one attached hydrogen (secondary N) is 4. The number of hydrogen-bond donors (Lipinski definition) is 5. The van der Waals surface area contributed by atoms with Crippen LogP contribution >= 0.6 is 0 Å². The zero-order valence-corrected chi connectivity index (χ0v) is 24.0. The number of nitrogens with two attached hydrogens (primary N) is 1. The molecule has 3 rings (SSSR count). The van der Waals surface area contributed by atoms with E-state index >= 15 is 0 Å². The number of carbonyl (C=O) groups excluding carboxylic acids is 3. The fourth-order valence-corrected chi connectivity index (χ4v) is 4.21. The molecule has 0 bridgehead atoms. The minimum atomic E-state index is -0.908. The van der Waals surface area contributed by atoms with Crippen molar-refractivity contribution < 1.29 is 19.4 Å². The molecule has 3 aromatic rings. The number of anilines is 1. The van der Waals surface area contributed by atoms with Gasteiger partial charge >= 0.3 is 6.03 Å². The van der Waals surface area contributed by atoms with Gasteiger partial charge in [0.15, 0.2) is 5.03 Å². The molecule has 3 aromatic carbocycles. The average molecular weight is 589 g/mol. The van der Waals surface area contributed by atoms with Crippen molar-refractivity contribution in [2.75, 3.05) is 26.0 Å². The minimum absolute atomic E-state index is 0.189. The Morgan fingerprint density at radius 2 is 1.47 bits per heavy atom. The first-order valence-corrected chi connectivity index (χ1v) is 13.6. The maximum Gasteiger partial charge on any atom is 0.321 e. The van der Waals surface area contributed by atoms with Gasteiger partial charge in [-0.05, 0) is 41.7 Å². The molecule has 0 radical (unpaired) electrons. The van der Waals surface area contributed by atoms with Crippen LogP contribution in [-0.2, 0) is 16.1 Å². The summed E-state index contributed by atoms with van der Waals surface area (Å²) in [6.45, 7) is 0.387. The first-order valence-electron chi connectivity index (χ1n) is 13.6. The molecular formula is C30H36N8O5. The SMILES string of the molecule is CN(C)C(=O)Nc1ccc(CNC(=O)[C@@H](CCCN/C(N)=N\[N+](=O)[O-])NC(=O)C(c2ccccc2)c2ccccc2)cc1. The molecule has 226 valence electrons. The molecule has 0 heterocycles. The van der Waals surface area contributed by atoms with Gasteiger partial charge in [0, 0.05) is 32.9 Å². The molecule has 6 N–H and O–H groups in total. The van der Waals surface area contributed by atoms with Crippen molar-refractivity contribution in [1.29, 1.82) is 0 Å². The zero-order chi connectivity index (χ0) is 31.2. The highest BCUT2D eigenvalue weighted by atomic mass is 16.7. The van der Waals surface area contributed by atoms with E-state index in [1.165, 1.54) is 4.90 Å². The lowest BCUT2D eigenvalue weighted by atomic mass is 9.90. The summed E-state index contributed by atoms with van der Waals surface area (Å²) < 4.78 is 0. The van der Waals surface area contributed by atoms with Crippen LogP contribution in [0.4, 0.5) is 10.5 Å². The number of guanidine groups is 1. The van der Waals surface area contributed by atoms with Crippen molar-refractivity contribution in [1.82, 2.24) is 20.9 Å². The molecule has 4 amide bonds. The largest absolute Gasteiger partial charge is 0.365 e. The highest BCUT2D eigenvalue weighted by Gasteiger charge is 2.27. The Hall–Kier alpha value is -5.46. The summed E-state index contributed by atoms with van der Waals surface area (Å²) >= 11 is 0. The third-order valence-corrected chi connectivity index (χ3v) is 6.40. The second-order valence-electron chi connectivity index (χ2n) is 9.85. The summed E-state index contributed by atoms with van der Waals surface area (Å²) in [4.78, 5) is 50.9. The molecule has 0 aromatic heterocycles. The van der Waals surface area contributed by atoms with Crippen molar-refractivity contribution in [3.63, 3.8) is 0 Å². The van der Waals surface area contributed by atoms with Crippen LogP contribution in [0, 0.1) is 10.1 Å². The smallest absolute Gasteiger partial charge is 0.321 e. The fraction of sp³-hybridized carbons (Fsp3) is 0.267. The number of nitrogens with zero attached hydrogens (tertiary/aromatic N) is 3. The van der Waals surface area contributed by atoms with E-state index in [0.717, 1.165) is 16.7 Å². The van der Waals surface area contributed by atoms with Gasteiger partial charge in [-0.1, -0.05) is 72.8 Å². The van der Waals surface area contributed by atoms with Gasteiger partial charge < -0.3 is 31.9 Å². The number of nitro groups is 1. The molecule has 0 saturated heterocycles. The van der Waals surface area contributed by atoms with E-state index in [4.69, 9.17) is 5.73 Å². The van der Waals surface area contributed by atoms with Crippen LogP contribution in [0.1, 0.15) is 35.4 Å². The first-order chi connectivity index (χ1) is 20.6. The van der Waals surface area contributed by atoms with Crippen LogP contribution in [0.5, 0.6) is 0 Å². The first kappa shape index (κ1) is 32.1. The third kappa shape index (κ3) is 10.5. The highest BCUT2D eigenvalue weighted by molar-refractivity contribution is 5.92. The van der Waals surface area contributed by atoms with Gasteiger partial charge in [-0.3, -0.25) is 9.59 Å². The van der Waals surface area contributed by atoms with Gasteiger partial charge in [0.2, 0.25) is 11.8 Å². The van der Waals surface area contributed by atoms with Crippen LogP contribution in [0.2, 0.25) is 0 Å². The van der Waals surface area contributed by atoms with Crippen molar-refractivity contribution in [2.45, 2.75) is 31.3 Å². The average Bonchev–Trinajstić information content (AvgIpc) is 2.99. The molecule has 13 heteroatoms. The van der Waals surface area contributed by atoms with Crippen LogP contribution < -0.4 is 27.0 Å². The summed E-state index contributed by atoms with van der Waals surface area (Å²) in [5.41, 5.74) is 8.44. The van der Waals surface area contributed by atoms with E-state index < -0.39 is 22.9 Å². The lowest BCUT2D eigenvalue weighted by Crippen LogP contribution is -2.48. The lowest BCUT2D eigenvalue weighted by molar-refractivity contribution is -0.485. The van der Waals surface area contributed by atoms with Gasteiger partial charge in [0.25, 0.3) is 5.96 Å². The monoisotopic (exact) mass is 588 g/mol. The van der Waals surface area contributed by atoms with Crippen LogP contribution in [0.3, 0.4) is 0 Å². The number of hydrazone groups is 1. The standard InChI is InChI=1S/C30H36N8O5/c1-37(2)30(41)34-24-17-15-21(16-18-24)20-33-27(39)25(14-9-19-32-29(31)36-38(42)43)35-28(40)26(22-10-5-3-6-11-22)23-12-7-4-8-13-23/h3-8,10-13,15-18,25-26H,9,14,19-20H2,1-2H3,(H,33,39)(H,34,41)(H,35,40)(H3,31,32,36)/t25-/m1/s1. The fourth-order valence-electron chi connectivity index (χ4n) is 4.21. The second kappa shape index (κ2) is 16.1. The summed E-state index contributed by atoms with van der Waals surface area (Å²) in [6.07, 6.45) is 0.579. The van der Waals surface area contributed by atoms with E-state index in [1.54, 1.807) is 38.4 Å². The number of carbonyl (C=O) groups is 3. The Labute approximate surface area is 249 Å². The normalized spacial score (nSPS) is 11.7. The quantitative estimate of drug-likeness (QED) is 0.0668. The number of benzene rings is 3. The van der Waals surface area contributed by atoms with E-state index in [9.17, 15) is 24.5 Å². The molecule has 0 spiro atoms. The molecule has 0 aliphatic carbocycles. The Kier molecular flexibility index (Phi) is 12.0. The number of urea groups is 1. The van der Waals surface area contributed by atoms with Crippen molar-refractivity contribution in [3.8, 4) is 0 Å². The number of rotatable bonds is 13. The molecule has 13 nitrogen and oxygen atoms in total. The summed E-state index contributed by atoms with van der Waals surface area (Å²) in [7, 11) is 3.28. The Bertz CT molecular complexity index is 1360. The predicted octanol–water partition coefficient (Wildman–Crippen LogP) is 2.59. The Morgan fingerprint density at radius 1 is 0.884 bits per heavy atom. The molecule has 0 saturated carbocycles. The van der Waals surface area contributed by atoms with Gasteiger partial charge in [0.1, 0.15) is 11.1 Å². The lowest BCUT2D eigenvalue weighted by Gasteiger charge is -2.23. The number of hydrogen-bond acceptors (Lipinski definition) is 5. The summed E-state index contributed by atoms with van der Waals surface area (Å²) in [6, 6.07) is 24.4. The van der Waals surface area contributed by atoms with Crippen molar-refractivity contribution in [3.05, 3.63) is 112 Å². The van der Waals surface area contributed by atoms with Gasteiger partial charge in [-0.15, -0.1) is 0 Å². The van der Waals surface area contributed by atoms with Gasteiger partial charge in [-0.25, -0.2) is 14.9 Å². The van der Waals surface area contributed by atoms with Crippen molar-refractivity contribution in [2.24, 2.45) is 10.8 Å². The molecular weight excluding hydrogens is 552 g/mol. The van der Waals surface area contributed by atoms with Gasteiger partial charge in [-0.2, -0.15) is 0 Å². The van der Waals surface area contributed by atoms with Crippen LogP contribution in [-0.4, -0.2) is 60.4 Å². The summed E-state index contributed by atoms with van der Waals surface area (Å²) in [5, 5.41) is 23.8. The highest BCUT2D eigenvalue weighted by Crippen LogP contribution is 2.25. The Morgan fingerprint density at radius 3 is 2.00 bits per heavy atom. The molecule has 1 atom stereocenters. The van der Waals surface area contributed by atoms with Crippen LogP contribution in [0.25, 0.3) is 0 Å². The van der Waals surface area contributed by atoms with E-state index in [1.807, 2.05) is 60.7 Å². The van der Waals surface area contributed by atoms with E-state index in [-0.39, 0.29) is 37.4 Å².